The Hall–Kier alpha value is -0.140. The molecule has 0 radical (unpaired) electrons. The molecule has 2 N–H and O–H groups in total. The lowest BCUT2D eigenvalue weighted by atomic mass is 10.2. The molecule has 70 valence electrons. The third-order valence-electron chi connectivity index (χ3n) is 1.94. The topological polar surface area (TPSA) is 41.1 Å². The van der Waals surface area contributed by atoms with E-state index in [1.54, 1.807) is 0 Å². The van der Waals surface area contributed by atoms with Gasteiger partial charge in [-0.25, -0.2) is 0 Å². The predicted molar refractivity (Wildman–Crippen MR) is 61.2 cm³/mol. The third kappa shape index (κ3) is 2.03. The van der Waals surface area contributed by atoms with Crippen molar-refractivity contribution in [3.63, 3.8) is 0 Å². The number of amides is 1. The summed E-state index contributed by atoms with van der Waals surface area (Å²) in [6.07, 6.45) is 0. The second-order valence-electron chi connectivity index (χ2n) is 2.93. The fraction of sp³-hybridized carbons (Fsp3) is 0.375. The first-order valence-electron chi connectivity index (χ1n) is 4.02. The summed E-state index contributed by atoms with van der Waals surface area (Å²) in [5, 5.41) is 8.02. The SMILES string of the molecule is O=C(NC1CNC1)c1sccc1I. The van der Waals surface area contributed by atoms with Crippen molar-refractivity contribution in [2.75, 3.05) is 13.1 Å². The smallest absolute Gasteiger partial charge is 0.262 e. The third-order valence-corrected chi connectivity index (χ3v) is 4.12. The lowest BCUT2D eigenvalue weighted by molar-refractivity contribution is 0.0927. The molecular weight excluding hydrogens is 299 g/mol. The zero-order valence-electron chi connectivity index (χ0n) is 6.84. The van der Waals surface area contributed by atoms with E-state index in [2.05, 4.69) is 33.2 Å². The van der Waals surface area contributed by atoms with Crippen molar-refractivity contribution in [3.05, 3.63) is 19.9 Å². The molecule has 0 atom stereocenters. The Morgan fingerprint density at radius 3 is 2.92 bits per heavy atom. The second kappa shape index (κ2) is 3.93. The van der Waals surface area contributed by atoms with E-state index in [9.17, 15) is 4.79 Å². The maximum Gasteiger partial charge on any atom is 0.262 e. The number of nitrogens with one attached hydrogen (secondary N) is 2. The largest absolute Gasteiger partial charge is 0.346 e. The van der Waals surface area contributed by atoms with Crippen LogP contribution < -0.4 is 10.6 Å². The van der Waals surface area contributed by atoms with Crippen LogP contribution in [0.3, 0.4) is 0 Å². The van der Waals surface area contributed by atoms with Crippen LogP contribution in [0.4, 0.5) is 0 Å². The van der Waals surface area contributed by atoms with Crippen LogP contribution in [0.2, 0.25) is 0 Å². The first kappa shape index (κ1) is 9.42. The van der Waals surface area contributed by atoms with Crippen LogP contribution in [0, 0.1) is 3.57 Å². The van der Waals surface area contributed by atoms with E-state index in [4.69, 9.17) is 0 Å². The molecule has 1 aliphatic heterocycles. The first-order chi connectivity index (χ1) is 6.27. The van der Waals surface area contributed by atoms with Crippen molar-refractivity contribution in [2.24, 2.45) is 0 Å². The summed E-state index contributed by atoms with van der Waals surface area (Å²) in [4.78, 5) is 12.4. The Labute approximate surface area is 94.0 Å². The Bertz CT molecular complexity index is 322. The Morgan fingerprint density at radius 2 is 2.46 bits per heavy atom. The van der Waals surface area contributed by atoms with E-state index in [1.165, 1.54) is 11.3 Å². The molecular formula is C8H9IN2OS. The standard InChI is InChI=1S/C8H9IN2OS/c9-6-1-2-13-7(6)8(12)11-5-3-10-4-5/h1-2,5,10H,3-4H2,(H,11,12). The molecule has 2 rings (SSSR count). The summed E-state index contributed by atoms with van der Waals surface area (Å²) in [5.74, 6) is 0.0610. The zero-order chi connectivity index (χ0) is 9.26. The fourth-order valence-corrected chi connectivity index (χ4v) is 2.83. The molecule has 2 heterocycles. The van der Waals surface area contributed by atoms with Crippen LogP contribution in [-0.2, 0) is 0 Å². The van der Waals surface area contributed by atoms with Crippen LogP contribution in [0.5, 0.6) is 0 Å². The molecule has 13 heavy (non-hydrogen) atoms. The van der Waals surface area contributed by atoms with Crippen LogP contribution in [0.15, 0.2) is 11.4 Å². The van der Waals surface area contributed by atoms with Gasteiger partial charge in [-0.2, -0.15) is 0 Å². The highest BCUT2D eigenvalue weighted by Gasteiger charge is 2.20. The molecule has 0 saturated carbocycles. The summed E-state index contributed by atoms with van der Waals surface area (Å²) in [6, 6.07) is 2.28. The van der Waals surface area contributed by atoms with Gasteiger partial charge in [0.1, 0.15) is 4.88 Å². The first-order valence-corrected chi connectivity index (χ1v) is 5.98. The molecule has 0 unspecified atom stereocenters. The molecule has 0 aromatic carbocycles. The van der Waals surface area contributed by atoms with E-state index in [0.29, 0.717) is 6.04 Å². The molecule has 3 nitrogen and oxygen atoms in total. The van der Waals surface area contributed by atoms with Crippen molar-refractivity contribution < 1.29 is 4.79 Å². The van der Waals surface area contributed by atoms with Gasteiger partial charge in [0.15, 0.2) is 0 Å². The second-order valence-corrected chi connectivity index (χ2v) is 5.00. The number of hydrogen-bond acceptors (Lipinski definition) is 3. The minimum Gasteiger partial charge on any atom is -0.346 e. The van der Waals surface area contributed by atoms with E-state index in [-0.39, 0.29) is 5.91 Å². The van der Waals surface area contributed by atoms with Gasteiger partial charge in [-0.05, 0) is 34.0 Å². The van der Waals surface area contributed by atoms with Gasteiger partial charge in [-0.15, -0.1) is 11.3 Å². The monoisotopic (exact) mass is 308 g/mol. The summed E-state index contributed by atoms with van der Waals surface area (Å²) >= 11 is 3.68. The van der Waals surface area contributed by atoms with Gasteiger partial charge in [0.25, 0.3) is 5.91 Å². The van der Waals surface area contributed by atoms with Crippen LogP contribution in [0.1, 0.15) is 9.67 Å². The molecule has 1 aromatic heterocycles. The van der Waals surface area contributed by atoms with Gasteiger partial charge in [-0.3, -0.25) is 4.79 Å². The lowest BCUT2D eigenvalue weighted by Gasteiger charge is -2.27. The lowest BCUT2D eigenvalue weighted by Crippen LogP contribution is -2.56. The molecule has 1 saturated heterocycles. The Kier molecular flexibility index (Phi) is 2.85. The van der Waals surface area contributed by atoms with Crippen LogP contribution in [0.25, 0.3) is 0 Å². The Morgan fingerprint density at radius 1 is 1.69 bits per heavy atom. The van der Waals surface area contributed by atoms with Crippen molar-refractivity contribution in [1.29, 1.82) is 0 Å². The fourth-order valence-electron chi connectivity index (χ4n) is 1.10. The summed E-state index contributed by atoms with van der Waals surface area (Å²) in [5.41, 5.74) is 0. The maximum atomic E-state index is 11.6. The van der Waals surface area contributed by atoms with Gasteiger partial charge >= 0.3 is 0 Å². The molecule has 0 aliphatic carbocycles. The molecule has 0 spiro atoms. The molecule has 1 aliphatic rings. The van der Waals surface area contributed by atoms with Gasteiger partial charge in [0.2, 0.25) is 0 Å². The van der Waals surface area contributed by atoms with Crippen LogP contribution >= 0.6 is 33.9 Å². The quantitative estimate of drug-likeness (QED) is 0.802. The normalized spacial score (nSPS) is 16.7. The number of halogens is 1. The minimum atomic E-state index is 0.0610. The minimum absolute atomic E-state index is 0.0610. The van der Waals surface area contributed by atoms with E-state index in [0.717, 1.165) is 21.5 Å². The van der Waals surface area contributed by atoms with Gasteiger partial charge in [0, 0.05) is 16.7 Å². The van der Waals surface area contributed by atoms with Gasteiger partial charge < -0.3 is 10.6 Å². The number of carbonyl (C=O) groups is 1. The van der Waals surface area contributed by atoms with Crippen molar-refractivity contribution in [1.82, 2.24) is 10.6 Å². The van der Waals surface area contributed by atoms with Crippen molar-refractivity contribution in [2.45, 2.75) is 6.04 Å². The van der Waals surface area contributed by atoms with Crippen LogP contribution in [-0.4, -0.2) is 25.0 Å². The molecule has 5 heteroatoms. The van der Waals surface area contributed by atoms with Gasteiger partial charge in [-0.1, -0.05) is 0 Å². The Balaban J connectivity index is 2.00. The number of hydrogen-bond donors (Lipinski definition) is 2. The molecule has 1 aromatic rings. The van der Waals surface area contributed by atoms with E-state index >= 15 is 0 Å². The average Bonchev–Trinajstić information content (AvgIpc) is 2.43. The highest BCUT2D eigenvalue weighted by atomic mass is 127. The maximum absolute atomic E-state index is 11.6. The average molecular weight is 308 g/mol. The van der Waals surface area contributed by atoms with Crippen molar-refractivity contribution in [3.8, 4) is 0 Å². The summed E-state index contributed by atoms with van der Waals surface area (Å²) in [6.45, 7) is 1.79. The molecule has 1 amide bonds. The zero-order valence-corrected chi connectivity index (χ0v) is 9.81. The summed E-state index contributed by atoms with van der Waals surface area (Å²) < 4.78 is 1.03. The van der Waals surface area contributed by atoms with E-state index < -0.39 is 0 Å². The van der Waals surface area contributed by atoms with E-state index in [1.807, 2.05) is 11.4 Å². The van der Waals surface area contributed by atoms with Crippen molar-refractivity contribution >= 4 is 39.8 Å². The molecule has 1 fully saturated rings. The number of rotatable bonds is 2. The number of carbonyl (C=O) groups excluding carboxylic acids is 1. The highest BCUT2D eigenvalue weighted by Crippen LogP contribution is 2.18. The highest BCUT2D eigenvalue weighted by molar-refractivity contribution is 14.1. The predicted octanol–water partition coefficient (Wildman–Crippen LogP) is 1.05. The molecule has 0 bridgehead atoms. The number of thiophene rings is 1. The summed E-state index contributed by atoms with van der Waals surface area (Å²) in [7, 11) is 0. The van der Waals surface area contributed by atoms with Gasteiger partial charge in [0.05, 0.1) is 6.04 Å².